The molecule has 0 radical (unpaired) electrons. The summed E-state index contributed by atoms with van der Waals surface area (Å²) in [6, 6.07) is 1.39. The van der Waals surface area contributed by atoms with Gasteiger partial charge in [-0.25, -0.2) is 13.6 Å². The van der Waals surface area contributed by atoms with Crippen molar-refractivity contribution in [1.29, 1.82) is 0 Å². The van der Waals surface area contributed by atoms with Gasteiger partial charge < -0.3 is 16.0 Å². The molecule has 1 atom stereocenters. The molecule has 2 aliphatic rings. The summed E-state index contributed by atoms with van der Waals surface area (Å²) >= 11 is 12.2. The highest BCUT2D eigenvalue weighted by Crippen LogP contribution is 2.43. The van der Waals surface area contributed by atoms with Gasteiger partial charge in [-0.05, 0) is 25.0 Å². The van der Waals surface area contributed by atoms with Crippen LogP contribution in [0.2, 0.25) is 10.0 Å². The summed E-state index contributed by atoms with van der Waals surface area (Å²) in [5.41, 5.74) is 6.32. The SMILES string of the molecule is NC(=O)[C@@H]1CN(Cc2cc(-c3cnc(C4CC4)c(Cl)c3)c(F)c(Cl)c2F)C(=O)N1. The maximum Gasteiger partial charge on any atom is 0.318 e. The minimum Gasteiger partial charge on any atom is -0.368 e. The van der Waals surface area contributed by atoms with Gasteiger partial charge in [0.25, 0.3) is 0 Å². The number of urea groups is 1. The number of halogens is 4. The fourth-order valence-corrected chi connectivity index (χ4v) is 3.87. The molecule has 1 saturated carbocycles. The first-order chi connectivity index (χ1) is 13.8. The normalized spacial score (nSPS) is 18.8. The van der Waals surface area contributed by atoms with Crippen molar-refractivity contribution in [2.24, 2.45) is 5.73 Å². The van der Waals surface area contributed by atoms with Crippen molar-refractivity contribution in [1.82, 2.24) is 15.2 Å². The van der Waals surface area contributed by atoms with Crippen LogP contribution in [0.4, 0.5) is 13.6 Å². The van der Waals surface area contributed by atoms with E-state index in [4.69, 9.17) is 28.9 Å². The summed E-state index contributed by atoms with van der Waals surface area (Å²) in [7, 11) is 0. The van der Waals surface area contributed by atoms with Crippen LogP contribution in [0.15, 0.2) is 18.3 Å². The number of nitrogens with zero attached hydrogens (tertiary/aromatic N) is 2. The molecule has 0 spiro atoms. The molecule has 29 heavy (non-hydrogen) atoms. The zero-order valence-corrected chi connectivity index (χ0v) is 16.5. The van der Waals surface area contributed by atoms with Gasteiger partial charge in [0.1, 0.15) is 16.9 Å². The molecule has 4 rings (SSSR count). The topological polar surface area (TPSA) is 88.3 Å². The number of primary amides is 1. The summed E-state index contributed by atoms with van der Waals surface area (Å²) in [5, 5.41) is 2.12. The van der Waals surface area contributed by atoms with Crippen molar-refractivity contribution in [3.63, 3.8) is 0 Å². The number of carbonyl (C=O) groups excluding carboxylic acids is 2. The fourth-order valence-electron chi connectivity index (χ4n) is 3.33. The third-order valence-corrected chi connectivity index (χ3v) is 5.69. The van der Waals surface area contributed by atoms with Gasteiger partial charge >= 0.3 is 6.03 Å². The maximum atomic E-state index is 14.7. The van der Waals surface area contributed by atoms with E-state index in [9.17, 15) is 18.4 Å². The van der Waals surface area contributed by atoms with Crippen LogP contribution in [-0.2, 0) is 11.3 Å². The number of rotatable bonds is 5. The van der Waals surface area contributed by atoms with Crippen molar-refractivity contribution >= 4 is 35.1 Å². The third-order valence-electron chi connectivity index (χ3n) is 5.06. The van der Waals surface area contributed by atoms with E-state index < -0.39 is 34.6 Å². The number of hydrogen-bond acceptors (Lipinski definition) is 3. The molecule has 0 bridgehead atoms. The highest BCUT2D eigenvalue weighted by molar-refractivity contribution is 6.32. The molecule has 6 nitrogen and oxygen atoms in total. The number of benzene rings is 1. The van der Waals surface area contributed by atoms with Crippen molar-refractivity contribution in [2.75, 3.05) is 6.54 Å². The Hall–Kier alpha value is -2.45. The van der Waals surface area contributed by atoms with Gasteiger partial charge in [-0.1, -0.05) is 23.2 Å². The van der Waals surface area contributed by atoms with E-state index in [1.807, 2.05) is 0 Å². The Balaban J connectivity index is 1.68. The Morgan fingerprint density at radius 3 is 2.59 bits per heavy atom. The molecule has 1 saturated heterocycles. The zero-order valence-electron chi connectivity index (χ0n) is 15.0. The first-order valence-electron chi connectivity index (χ1n) is 8.93. The molecule has 2 fully saturated rings. The van der Waals surface area contributed by atoms with Crippen molar-refractivity contribution < 1.29 is 18.4 Å². The van der Waals surface area contributed by atoms with Gasteiger partial charge in [-0.15, -0.1) is 0 Å². The molecule has 1 aliphatic carbocycles. The van der Waals surface area contributed by atoms with Gasteiger partial charge in [-0.3, -0.25) is 9.78 Å². The highest BCUT2D eigenvalue weighted by atomic mass is 35.5. The van der Waals surface area contributed by atoms with Crippen LogP contribution in [0.3, 0.4) is 0 Å². The zero-order chi connectivity index (χ0) is 20.9. The average Bonchev–Trinajstić information content (AvgIpc) is 3.45. The Morgan fingerprint density at radius 1 is 1.28 bits per heavy atom. The minimum absolute atomic E-state index is 0.00550. The van der Waals surface area contributed by atoms with E-state index in [0.29, 0.717) is 16.5 Å². The van der Waals surface area contributed by atoms with Crippen molar-refractivity contribution in [3.8, 4) is 11.1 Å². The molecule has 2 heterocycles. The third kappa shape index (κ3) is 3.74. The summed E-state index contributed by atoms with van der Waals surface area (Å²) in [5.74, 6) is -2.29. The number of nitrogens with one attached hydrogen (secondary N) is 1. The summed E-state index contributed by atoms with van der Waals surface area (Å²) in [6.07, 6.45) is 3.50. The first-order valence-corrected chi connectivity index (χ1v) is 9.68. The molecule has 1 aliphatic heterocycles. The molecule has 10 heteroatoms. The lowest BCUT2D eigenvalue weighted by molar-refractivity contribution is -0.119. The van der Waals surface area contributed by atoms with Crippen LogP contribution < -0.4 is 11.1 Å². The molecule has 0 unspecified atom stereocenters. The monoisotopic (exact) mass is 440 g/mol. The van der Waals surface area contributed by atoms with Gasteiger partial charge in [-0.2, -0.15) is 0 Å². The summed E-state index contributed by atoms with van der Waals surface area (Å²) in [6.45, 7) is -0.239. The number of carbonyl (C=O) groups is 2. The summed E-state index contributed by atoms with van der Waals surface area (Å²) < 4.78 is 29.3. The van der Waals surface area contributed by atoms with Gasteiger partial charge in [0.05, 0.1) is 23.8 Å². The Labute approximate surface area is 175 Å². The molecular formula is C19H16Cl2F2N4O2. The van der Waals surface area contributed by atoms with Crippen LogP contribution in [0.1, 0.15) is 30.0 Å². The molecule has 3 amide bonds. The Kier molecular flexibility index (Phi) is 5.08. The standard InChI is InChI=1S/C19H16Cl2F2N4O2/c20-12-4-9(5-25-17(12)8-1-2-8)11-3-10(15(22)14(21)16(11)23)6-27-7-13(18(24)28)26-19(27)29/h3-5,8,13H,1-2,6-7H2,(H2,24,28)(H,26,29)/t13-/m0/s1. The van der Waals surface area contributed by atoms with E-state index in [-0.39, 0.29) is 24.2 Å². The van der Waals surface area contributed by atoms with E-state index in [1.165, 1.54) is 17.2 Å². The predicted molar refractivity (Wildman–Crippen MR) is 104 cm³/mol. The molecule has 3 N–H and O–H groups in total. The van der Waals surface area contributed by atoms with E-state index in [0.717, 1.165) is 18.5 Å². The molecule has 1 aromatic carbocycles. The lowest BCUT2D eigenvalue weighted by Crippen LogP contribution is -2.39. The molecular weight excluding hydrogens is 425 g/mol. The lowest BCUT2D eigenvalue weighted by atomic mass is 10.0. The smallest absolute Gasteiger partial charge is 0.318 e. The average molecular weight is 441 g/mol. The number of aromatic nitrogens is 1. The van der Waals surface area contributed by atoms with Crippen LogP contribution in [0, 0.1) is 11.6 Å². The van der Waals surface area contributed by atoms with Crippen molar-refractivity contribution in [3.05, 3.63) is 51.3 Å². The van der Waals surface area contributed by atoms with Crippen LogP contribution in [0.25, 0.3) is 11.1 Å². The number of pyridine rings is 1. The maximum absolute atomic E-state index is 14.7. The molecule has 1 aromatic heterocycles. The van der Waals surface area contributed by atoms with E-state index in [2.05, 4.69) is 10.3 Å². The van der Waals surface area contributed by atoms with Gasteiger partial charge in [0.15, 0.2) is 5.82 Å². The van der Waals surface area contributed by atoms with Crippen LogP contribution in [-0.4, -0.2) is 34.4 Å². The second kappa shape index (κ2) is 7.42. The predicted octanol–water partition coefficient (Wildman–Crippen LogP) is 3.59. The number of hydrogen-bond donors (Lipinski definition) is 2. The Morgan fingerprint density at radius 2 is 2.00 bits per heavy atom. The second-order valence-electron chi connectivity index (χ2n) is 7.18. The summed E-state index contributed by atoms with van der Waals surface area (Å²) in [4.78, 5) is 28.8. The quantitative estimate of drug-likeness (QED) is 0.696. The van der Waals surface area contributed by atoms with Gasteiger partial charge in [0.2, 0.25) is 5.91 Å². The minimum atomic E-state index is -0.975. The second-order valence-corrected chi connectivity index (χ2v) is 7.96. The van der Waals surface area contributed by atoms with Crippen molar-refractivity contribution in [2.45, 2.75) is 31.3 Å². The first kappa shape index (κ1) is 19.8. The largest absolute Gasteiger partial charge is 0.368 e. The molecule has 152 valence electrons. The van der Waals surface area contributed by atoms with Crippen LogP contribution in [0.5, 0.6) is 0 Å². The van der Waals surface area contributed by atoms with Crippen LogP contribution >= 0.6 is 23.2 Å². The van der Waals surface area contributed by atoms with E-state index in [1.54, 1.807) is 6.07 Å². The van der Waals surface area contributed by atoms with Gasteiger partial charge in [0, 0.05) is 28.8 Å². The Bertz CT molecular complexity index is 1030. The highest BCUT2D eigenvalue weighted by Gasteiger charge is 2.33. The van der Waals surface area contributed by atoms with E-state index >= 15 is 0 Å². The fraction of sp³-hybridized carbons (Fsp3) is 0.316. The number of amides is 3. The lowest BCUT2D eigenvalue weighted by Gasteiger charge is -2.17. The molecule has 2 aromatic rings. The number of nitrogens with two attached hydrogens (primary N) is 1.